The summed E-state index contributed by atoms with van der Waals surface area (Å²) < 4.78 is 2.20. The van der Waals surface area contributed by atoms with Crippen LogP contribution in [-0.4, -0.2) is 9.67 Å². The maximum Gasteiger partial charge on any atom is 0.0807 e. The molecule has 1 atom stereocenters. The molecule has 0 fully saturated rings. The van der Waals surface area contributed by atoms with Crippen LogP contribution in [0.25, 0.3) is 0 Å². The third-order valence-electron chi connectivity index (χ3n) is 3.73. The van der Waals surface area contributed by atoms with E-state index in [4.69, 9.17) is 0 Å². The van der Waals surface area contributed by atoms with Crippen LogP contribution in [0.15, 0.2) is 36.7 Å². The van der Waals surface area contributed by atoms with Crippen LogP contribution in [0.4, 0.5) is 0 Å². The van der Waals surface area contributed by atoms with E-state index < -0.39 is 0 Å². The van der Waals surface area contributed by atoms with Gasteiger partial charge in [0.1, 0.15) is 0 Å². The predicted molar refractivity (Wildman–Crippen MR) is 72.6 cm³/mol. The molecule has 1 aliphatic rings. The first-order chi connectivity index (χ1) is 8.72. The molecule has 0 saturated heterocycles. The van der Waals surface area contributed by atoms with Crippen molar-refractivity contribution in [3.63, 3.8) is 0 Å². The second-order valence-electron chi connectivity index (χ2n) is 5.31. The van der Waals surface area contributed by atoms with E-state index in [9.17, 15) is 5.11 Å². The van der Waals surface area contributed by atoms with Gasteiger partial charge in [-0.1, -0.05) is 29.8 Å². The van der Waals surface area contributed by atoms with Gasteiger partial charge in [0.25, 0.3) is 0 Å². The zero-order chi connectivity index (χ0) is 12.5. The standard InChI is InChI=1S/C16H19NO/c1-12-4-2-5-13(8-12)9-17-10-14-6-3-7-16(18)15(14)11-17/h2,4-5,8,10-11,16,18H,3,6-7,9H2,1H3. The van der Waals surface area contributed by atoms with Crippen molar-refractivity contribution in [3.05, 3.63) is 58.9 Å². The molecule has 1 heterocycles. The number of aliphatic hydroxyl groups is 1. The fraction of sp³-hybridized carbons (Fsp3) is 0.375. The molecule has 2 heteroatoms. The largest absolute Gasteiger partial charge is 0.388 e. The number of hydrogen-bond donors (Lipinski definition) is 1. The number of rotatable bonds is 2. The Hall–Kier alpha value is -1.54. The van der Waals surface area contributed by atoms with E-state index in [0.29, 0.717) is 0 Å². The van der Waals surface area contributed by atoms with Gasteiger partial charge in [-0.05, 0) is 37.3 Å². The molecule has 1 unspecified atom stereocenters. The minimum atomic E-state index is -0.257. The van der Waals surface area contributed by atoms with E-state index >= 15 is 0 Å². The van der Waals surface area contributed by atoms with Crippen molar-refractivity contribution in [2.24, 2.45) is 0 Å². The lowest BCUT2D eigenvalue weighted by Crippen LogP contribution is -2.05. The van der Waals surface area contributed by atoms with Crippen LogP contribution in [0.3, 0.4) is 0 Å². The van der Waals surface area contributed by atoms with Crippen LogP contribution in [0.1, 0.15) is 41.2 Å². The number of aliphatic hydroxyl groups excluding tert-OH is 1. The second-order valence-corrected chi connectivity index (χ2v) is 5.31. The van der Waals surface area contributed by atoms with E-state index in [1.807, 2.05) is 0 Å². The molecule has 18 heavy (non-hydrogen) atoms. The Labute approximate surface area is 108 Å². The van der Waals surface area contributed by atoms with Crippen molar-refractivity contribution in [2.75, 3.05) is 0 Å². The molecule has 1 N–H and O–H groups in total. The summed E-state index contributed by atoms with van der Waals surface area (Å²) in [6.07, 6.45) is 7.16. The number of benzene rings is 1. The molecule has 1 aromatic heterocycles. The Kier molecular flexibility index (Phi) is 2.96. The van der Waals surface area contributed by atoms with Crippen LogP contribution in [0.5, 0.6) is 0 Å². The summed E-state index contributed by atoms with van der Waals surface area (Å²) in [5.74, 6) is 0. The molecule has 94 valence electrons. The number of aryl methyl sites for hydroxylation is 2. The van der Waals surface area contributed by atoms with Gasteiger partial charge in [0.2, 0.25) is 0 Å². The zero-order valence-corrected chi connectivity index (χ0v) is 10.8. The highest BCUT2D eigenvalue weighted by atomic mass is 16.3. The number of fused-ring (bicyclic) bond motifs is 1. The normalized spacial score (nSPS) is 18.7. The lowest BCUT2D eigenvalue weighted by Gasteiger charge is -2.16. The van der Waals surface area contributed by atoms with Crippen LogP contribution >= 0.6 is 0 Å². The summed E-state index contributed by atoms with van der Waals surface area (Å²) in [6.45, 7) is 3.01. The van der Waals surface area contributed by atoms with Crippen molar-refractivity contribution in [1.82, 2.24) is 4.57 Å². The molecule has 3 rings (SSSR count). The summed E-state index contributed by atoms with van der Waals surface area (Å²) in [7, 11) is 0. The Morgan fingerprint density at radius 2 is 2.22 bits per heavy atom. The quantitative estimate of drug-likeness (QED) is 0.858. The molecule has 2 aromatic rings. The lowest BCUT2D eigenvalue weighted by atomic mass is 9.93. The number of aromatic nitrogens is 1. The minimum absolute atomic E-state index is 0.257. The maximum atomic E-state index is 9.97. The van der Waals surface area contributed by atoms with Gasteiger partial charge in [0, 0.05) is 24.5 Å². The first-order valence-electron chi connectivity index (χ1n) is 6.64. The van der Waals surface area contributed by atoms with E-state index in [2.05, 4.69) is 48.1 Å². The number of nitrogens with zero attached hydrogens (tertiary/aromatic N) is 1. The van der Waals surface area contributed by atoms with Gasteiger partial charge < -0.3 is 9.67 Å². The monoisotopic (exact) mass is 241 g/mol. The third-order valence-corrected chi connectivity index (χ3v) is 3.73. The average molecular weight is 241 g/mol. The van der Waals surface area contributed by atoms with E-state index in [-0.39, 0.29) is 6.10 Å². The molecule has 0 saturated carbocycles. The van der Waals surface area contributed by atoms with Gasteiger partial charge in [-0.3, -0.25) is 0 Å². The highest BCUT2D eigenvalue weighted by molar-refractivity contribution is 5.30. The van der Waals surface area contributed by atoms with Crippen molar-refractivity contribution >= 4 is 0 Å². The SMILES string of the molecule is Cc1cccc(Cn2cc3c(c2)C(O)CCC3)c1. The Balaban J connectivity index is 1.85. The number of hydrogen-bond acceptors (Lipinski definition) is 1. The van der Waals surface area contributed by atoms with Crippen molar-refractivity contribution in [3.8, 4) is 0 Å². The molecule has 2 nitrogen and oxygen atoms in total. The molecular formula is C16H19NO. The highest BCUT2D eigenvalue weighted by Crippen LogP contribution is 2.30. The van der Waals surface area contributed by atoms with Gasteiger partial charge in [-0.15, -0.1) is 0 Å². The van der Waals surface area contributed by atoms with Crippen molar-refractivity contribution in [2.45, 2.75) is 38.8 Å². The fourth-order valence-corrected chi connectivity index (χ4v) is 2.84. The van der Waals surface area contributed by atoms with E-state index in [1.54, 1.807) is 0 Å². The zero-order valence-electron chi connectivity index (χ0n) is 10.8. The first kappa shape index (κ1) is 11.5. The Bertz CT molecular complexity index is 556. The maximum absolute atomic E-state index is 9.97. The summed E-state index contributed by atoms with van der Waals surface area (Å²) in [6, 6.07) is 8.59. The van der Waals surface area contributed by atoms with Gasteiger partial charge in [0.05, 0.1) is 6.10 Å². The lowest BCUT2D eigenvalue weighted by molar-refractivity contribution is 0.157. The van der Waals surface area contributed by atoms with Crippen LogP contribution in [0, 0.1) is 6.92 Å². The fourth-order valence-electron chi connectivity index (χ4n) is 2.84. The highest BCUT2D eigenvalue weighted by Gasteiger charge is 2.19. The molecule has 1 aliphatic carbocycles. The third kappa shape index (κ3) is 2.21. The molecule has 0 radical (unpaired) electrons. The molecule has 0 bridgehead atoms. The molecule has 0 spiro atoms. The predicted octanol–water partition coefficient (Wildman–Crippen LogP) is 3.21. The van der Waals surface area contributed by atoms with Gasteiger partial charge in [-0.2, -0.15) is 0 Å². The van der Waals surface area contributed by atoms with Crippen LogP contribution in [-0.2, 0) is 13.0 Å². The van der Waals surface area contributed by atoms with E-state index in [1.165, 1.54) is 16.7 Å². The summed E-state index contributed by atoms with van der Waals surface area (Å²) in [4.78, 5) is 0. The van der Waals surface area contributed by atoms with Crippen LogP contribution in [0.2, 0.25) is 0 Å². The summed E-state index contributed by atoms with van der Waals surface area (Å²) >= 11 is 0. The molecule has 1 aromatic carbocycles. The Morgan fingerprint density at radius 3 is 3.00 bits per heavy atom. The van der Waals surface area contributed by atoms with Gasteiger partial charge in [0.15, 0.2) is 0 Å². The summed E-state index contributed by atoms with van der Waals surface area (Å²) in [5, 5.41) is 9.97. The topological polar surface area (TPSA) is 25.2 Å². The molecule has 0 amide bonds. The Morgan fingerprint density at radius 1 is 1.33 bits per heavy atom. The minimum Gasteiger partial charge on any atom is -0.388 e. The van der Waals surface area contributed by atoms with Gasteiger partial charge in [-0.25, -0.2) is 0 Å². The average Bonchev–Trinajstić information content (AvgIpc) is 2.73. The molecule has 0 aliphatic heterocycles. The van der Waals surface area contributed by atoms with Crippen molar-refractivity contribution < 1.29 is 5.11 Å². The van der Waals surface area contributed by atoms with E-state index in [0.717, 1.165) is 31.4 Å². The smallest absolute Gasteiger partial charge is 0.0807 e. The molecular weight excluding hydrogens is 222 g/mol. The first-order valence-corrected chi connectivity index (χ1v) is 6.64. The second kappa shape index (κ2) is 4.62. The van der Waals surface area contributed by atoms with Gasteiger partial charge >= 0.3 is 0 Å². The van der Waals surface area contributed by atoms with Crippen LogP contribution < -0.4 is 0 Å². The van der Waals surface area contributed by atoms with Crippen molar-refractivity contribution in [1.29, 1.82) is 0 Å². The summed E-state index contributed by atoms with van der Waals surface area (Å²) in [5.41, 5.74) is 5.07.